The molecule has 112 valence electrons. The Morgan fingerprint density at radius 3 is 3.00 bits per heavy atom. The summed E-state index contributed by atoms with van der Waals surface area (Å²) in [6, 6.07) is 3.84. The van der Waals surface area contributed by atoms with Gasteiger partial charge in [-0.05, 0) is 44.7 Å². The van der Waals surface area contributed by atoms with E-state index in [9.17, 15) is 4.79 Å². The van der Waals surface area contributed by atoms with Gasteiger partial charge in [-0.1, -0.05) is 0 Å². The Morgan fingerprint density at radius 1 is 1.48 bits per heavy atom. The molecule has 21 heavy (non-hydrogen) atoms. The van der Waals surface area contributed by atoms with E-state index in [1.54, 1.807) is 0 Å². The fourth-order valence-corrected chi connectivity index (χ4v) is 2.87. The second-order valence-corrected chi connectivity index (χ2v) is 5.76. The van der Waals surface area contributed by atoms with Crippen molar-refractivity contribution in [1.82, 2.24) is 14.7 Å². The highest BCUT2D eigenvalue weighted by Gasteiger charge is 2.22. The van der Waals surface area contributed by atoms with Crippen LogP contribution in [0.1, 0.15) is 35.8 Å². The highest BCUT2D eigenvalue weighted by molar-refractivity contribution is 5.95. The van der Waals surface area contributed by atoms with Gasteiger partial charge in [-0.2, -0.15) is 0 Å². The van der Waals surface area contributed by atoms with Crippen molar-refractivity contribution in [1.29, 1.82) is 0 Å². The highest BCUT2D eigenvalue weighted by Crippen LogP contribution is 2.19. The zero-order valence-electron chi connectivity index (χ0n) is 12.5. The third kappa shape index (κ3) is 2.93. The Bertz CT molecular complexity index is 644. The molecule has 1 N–H and O–H groups in total. The van der Waals surface area contributed by atoms with Crippen molar-refractivity contribution in [2.24, 2.45) is 5.92 Å². The van der Waals surface area contributed by atoms with Crippen molar-refractivity contribution in [3.63, 3.8) is 0 Å². The van der Waals surface area contributed by atoms with Crippen molar-refractivity contribution >= 4 is 11.6 Å². The monoisotopic (exact) mass is 287 g/mol. The number of pyridine rings is 1. The number of rotatable bonds is 3. The van der Waals surface area contributed by atoms with Gasteiger partial charge in [0, 0.05) is 42.9 Å². The Hall–Kier alpha value is -1.88. The summed E-state index contributed by atoms with van der Waals surface area (Å²) in [5, 5.41) is 3.11. The number of aromatic nitrogens is 2. The molecule has 0 aliphatic carbocycles. The number of imidazole rings is 1. The second kappa shape index (κ2) is 5.85. The molecule has 1 saturated heterocycles. The number of carbonyl (C=O) groups excluding carboxylic acids is 1. The SMILES string of the molecule is Cc1cnc2cc(C(=O)NC(C)C3CCOCC3)ccn12. The molecule has 1 unspecified atom stereocenters. The molecule has 0 aromatic carbocycles. The van der Waals surface area contributed by atoms with Crippen molar-refractivity contribution in [3.05, 3.63) is 35.8 Å². The van der Waals surface area contributed by atoms with E-state index in [1.165, 1.54) is 0 Å². The lowest BCUT2D eigenvalue weighted by Gasteiger charge is -2.28. The maximum Gasteiger partial charge on any atom is 0.251 e. The number of ether oxygens (including phenoxy) is 1. The lowest BCUT2D eigenvalue weighted by Crippen LogP contribution is -2.40. The number of hydrogen-bond donors (Lipinski definition) is 1. The van der Waals surface area contributed by atoms with Crippen LogP contribution in [-0.2, 0) is 4.74 Å². The fourth-order valence-electron chi connectivity index (χ4n) is 2.87. The normalized spacial score (nSPS) is 17.8. The summed E-state index contributed by atoms with van der Waals surface area (Å²) in [7, 11) is 0. The molecule has 1 amide bonds. The van der Waals surface area contributed by atoms with Gasteiger partial charge >= 0.3 is 0 Å². The molecule has 1 aliphatic heterocycles. The Kier molecular flexibility index (Phi) is 3.92. The quantitative estimate of drug-likeness (QED) is 0.941. The van der Waals surface area contributed by atoms with Gasteiger partial charge in [-0.25, -0.2) is 4.98 Å². The van der Waals surface area contributed by atoms with E-state index in [2.05, 4.69) is 17.2 Å². The van der Waals surface area contributed by atoms with Crippen molar-refractivity contribution in [2.45, 2.75) is 32.7 Å². The molecule has 2 aromatic rings. The summed E-state index contributed by atoms with van der Waals surface area (Å²) in [5.41, 5.74) is 2.53. The zero-order valence-corrected chi connectivity index (χ0v) is 12.5. The van der Waals surface area contributed by atoms with Gasteiger partial charge in [0.05, 0.1) is 0 Å². The molecule has 5 heteroatoms. The predicted octanol–water partition coefficient (Wildman–Crippen LogP) is 2.19. The maximum absolute atomic E-state index is 12.4. The third-order valence-electron chi connectivity index (χ3n) is 4.29. The molecule has 3 heterocycles. The van der Waals surface area contributed by atoms with Gasteiger partial charge in [0.15, 0.2) is 0 Å². The molecule has 0 bridgehead atoms. The molecule has 0 radical (unpaired) electrons. The molecule has 1 aliphatic rings. The smallest absolute Gasteiger partial charge is 0.251 e. The van der Waals surface area contributed by atoms with Crippen LogP contribution in [0.5, 0.6) is 0 Å². The van der Waals surface area contributed by atoms with Crippen LogP contribution in [-0.4, -0.2) is 34.5 Å². The number of nitrogens with one attached hydrogen (secondary N) is 1. The van der Waals surface area contributed by atoms with E-state index in [0.29, 0.717) is 11.5 Å². The molecule has 2 aromatic heterocycles. The lowest BCUT2D eigenvalue weighted by molar-refractivity contribution is 0.0538. The van der Waals surface area contributed by atoms with Gasteiger partial charge in [0.2, 0.25) is 0 Å². The van der Waals surface area contributed by atoms with Crippen molar-refractivity contribution in [3.8, 4) is 0 Å². The van der Waals surface area contributed by atoms with E-state index in [4.69, 9.17) is 4.74 Å². The first-order chi connectivity index (χ1) is 10.1. The number of hydrogen-bond acceptors (Lipinski definition) is 3. The molecular weight excluding hydrogens is 266 g/mol. The van der Waals surface area contributed by atoms with Gasteiger partial charge in [0.25, 0.3) is 5.91 Å². The van der Waals surface area contributed by atoms with E-state index >= 15 is 0 Å². The Balaban J connectivity index is 1.71. The minimum Gasteiger partial charge on any atom is -0.381 e. The van der Waals surface area contributed by atoms with Gasteiger partial charge in [-0.15, -0.1) is 0 Å². The summed E-state index contributed by atoms with van der Waals surface area (Å²) < 4.78 is 7.34. The fraction of sp³-hybridized carbons (Fsp3) is 0.500. The van der Waals surface area contributed by atoms with Crippen LogP contribution in [0.4, 0.5) is 0 Å². The maximum atomic E-state index is 12.4. The lowest BCUT2D eigenvalue weighted by atomic mass is 9.93. The number of amides is 1. The molecular formula is C16H21N3O2. The average molecular weight is 287 g/mol. The third-order valence-corrected chi connectivity index (χ3v) is 4.29. The standard InChI is InChI=1S/C16H21N3O2/c1-11-10-17-15-9-14(3-6-19(11)15)16(20)18-12(2)13-4-7-21-8-5-13/h3,6,9-10,12-13H,4-5,7-8H2,1-2H3,(H,18,20). The molecule has 0 spiro atoms. The van der Waals surface area contributed by atoms with Crippen LogP contribution in [0, 0.1) is 12.8 Å². The zero-order chi connectivity index (χ0) is 14.8. The van der Waals surface area contributed by atoms with Crippen molar-refractivity contribution in [2.75, 3.05) is 13.2 Å². The highest BCUT2D eigenvalue weighted by atomic mass is 16.5. The van der Waals surface area contributed by atoms with Crippen LogP contribution < -0.4 is 5.32 Å². The van der Waals surface area contributed by atoms with Crippen LogP contribution in [0.2, 0.25) is 0 Å². The summed E-state index contributed by atoms with van der Waals surface area (Å²) in [6.07, 6.45) is 5.73. The second-order valence-electron chi connectivity index (χ2n) is 5.76. The first kappa shape index (κ1) is 14.1. The van der Waals surface area contributed by atoms with Crippen LogP contribution >= 0.6 is 0 Å². The summed E-state index contributed by atoms with van der Waals surface area (Å²) in [4.78, 5) is 16.7. The minimum atomic E-state index is -0.0304. The number of fused-ring (bicyclic) bond motifs is 1. The molecule has 3 rings (SSSR count). The van der Waals surface area contributed by atoms with E-state index in [-0.39, 0.29) is 11.9 Å². The average Bonchev–Trinajstić information content (AvgIpc) is 2.89. The molecule has 0 saturated carbocycles. The molecule has 1 atom stereocenters. The number of nitrogens with zero attached hydrogens (tertiary/aromatic N) is 2. The van der Waals surface area contributed by atoms with Gasteiger partial charge in [0.1, 0.15) is 5.65 Å². The number of carbonyl (C=O) groups is 1. The van der Waals surface area contributed by atoms with Crippen LogP contribution in [0.25, 0.3) is 5.65 Å². The number of aryl methyl sites for hydroxylation is 1. The van der Waals surface area contributed by atoms with E-state index < -0.39 is 0 Å². The van der Waals surface area contributed by atoms with Crippen molar-refractivity contribution < 1.29 is 9.53 Å². The van der Waals surface area contributed by atoms with E-state index in [0.717, 1.165) is 37.4 Å². The summed E-state index contributed by atoms with van der Waals surface area (Å²) in [6.45, 7) is 5.66. The first-order valence-corrected chi connectivity index (χ1v) is 7.47. The topological polar surface area (TPSA) is 55.6 Å². The van der Waals surface area contributed by atoms with E-state index in [1.807, 2.05) is 35.9 Å². The van der Waals surface area contributed by atoms with Crippen LogP contribution in [0.3, 0.4) is 0 Å². The summed E-state index contributed by atoms with van der Waals surface area (Å²) >= 11 is 0. The van der Waals surface area contributed by atoms with Crippen LogP contribution in [0.15, 0.2) is 24.5 Å². The molecule has 5 nitrogen and oxygen atoms in total. The molecule has 1 fully saturated rings. The Labute approximate surface area is 124 Å². The minimum absolute atomic E-state index is 0.0304. The summed E-state index contributed by atoms with van der Waals surface area (Å²) in [5.74, 6) is 0.470. The van der Waals surface area contributed by atoms with Gasteiger partial charge < -0.3 is 14.5 Å². The first-order valence-electron chi connectivity index (χ1n) is 7.47. The Morgan fingerprint density at radius 2 is 2.24 bits per heavy atom. The largest absolute Gasteiger partial charge is 0.381 e. The van der Waals surface area contributed by atoms with Gasteiger partial charge in [-0.3, -0.25) is 4.79 Å². The predicted molar refractivity (Wildman–Crippen MR) is 80.4 cm³/mol.